The predicted molar refractivity (Wildman–Crippen MR) is 86.9 cm³/mol. The Morgan fingerprint density at radius 3 is 2.43 bits per heavy atom. The normalized spacial score (nSPS) is 11.3. The molecule has 0 aliphatic heterocycles. The number of anilines is 1. The van der Waals surface area contributed by atoms with E-state index in [0.717, 1.165) is 17.5 Å². The Bertz CT molecular complexity index is 885. The van der Waals surface area contributed by atoms with Crippen LogP contribution in [0.25, 0.3) is 0 Å². The van der Waals surface area contributed by atoms with E-state index in [1.54, 1.807) is 24.3 Å². The Morgan fingerprint density at radius 1 is 1.04 bits per heavy atom. The van der Waals surface area contributed by atoms with Crippen LogP contribution in [-0.2, 0) is 16.4 Å². The van der Waals surface area contributed by atoms with Crippen LogP contribution in [0.1, 0.15) is 11.1 Å². The van der Waals surface area contributed by atoms with Crippen molar-refractivity contribution < 1.29 is 12.8 Å². The minimum atomic E-state index is -3.71. The van der Waals surface area contributed by atoms with Gasteiger partial charge in [-0.25, -0.2) is 13.4 Å². The standard InChI is InChI=1S/C17H16N2O3S/c1-13-7-9-15(10-8-13)23(20,21)17-16(22-12-19-17)18-11-14-5-3-2-4-6-14/h2-10,12,18H,11H2,1H3. The van der Waals surface area contributed by atoms with Crippen LogP contribution < -0.4 is 5.32 Å². The lowest BCUT2D eigenvalue weighted by atomic mass is 10.2. The second-order valence-corrected chi connectivity index (χ2v) is 7.01. The van der Waals surface area contributed by atoms with Gasteiger partial charge in [0.1, 0.15) is 0 Å². The molecule has 6 heteroatoms. The van der Waals surface area contributed by atoms with Gasteiger partial charge in [0.15, 0.2) is 6.39 Å². The first-order valence-corrected chi connectivity index (χ1v) is 8.59. The fourth-order valence-electron chi connectivity index (χ4n) is 2.15. The molecule has 3 rings (SSSR count). The van der Waals surface area contributed by atoms with Crippen molar-refractivity contribution in [3.63, 3.8) is 0 Å². The van der Waals surface area contributed by atoms with E-state index in [4.69, 9.17) is 4.42 Å². The second kappa shape index (κ2) is 6.26. The van der Waals surface area contributed by atoms with E-state index in [2.05, 4.69) is 10.3 Å². The van der Waals surface area contributed by atoms with Crippen LogP contribution in [0, 0.1) is 6.92 Å². The SMILES string of the molecule is Cc1ccc(S(=O)(=O)c2ncoc2NCc2ccccc2)cc1. The van der Waals surface area contributed by atoms with Crippen LogP contribution >= 0.6 is 0 Å². The molecule has 0 spiro atoms. The molecule has 0 amide bonds. The fourth-order valence-corrected chi connectivity index (χ4v) is 3.42. The molecule has 118 valence electrons. The van der Waals surface area contributed by atoms with Crippen LogP contribution in [0.5, 0.6) is 0 Å². The number of oxazole rings is 1. The van der Waals surface area contributed by atoms with Gasteiger partial charge in [-0.3, -0.25) is 0 Å². The van der Waals surface area contributed by atoms with E-state index >= 15 is 0 Å². The van der Waals surface area contributed by atoms with E-state index < -0.39 is 9.84 Å². The van der Waals surface area contributed by atoms with Crippen molar-refractivity contribution in [2.45, 2.75) is 23.4 Å². The summed E-state index contributed by atoms with van der Waals surface area (Å²) in [6.45, 7) is 2.35. The molecule has 23 heavy (non-hydrogen) atoms. The highest BCUT2D eigenvalue weighted by Gasteiger charge is 2.25. The molecule has 0 atom stereocenters. The van der Waals surface area contributed by atoms with E-state index in [0.29, 0.717) is 6.54 Å². The average molecular weight is 328 g/mol. The molecule has 0 saturated heterocycles. The zero-order valence-electron chi connectivity index (χ0n) is 12.6. The topological polar surface area (TPSA) is 72.2 Å². The average Bonchev–Trinajstić information content (AvgIpc) is 3.04. The maximum absolute atomic E-state index is 12.7. The number of benzene rings is 2. The van der Waals surface area contributed by atoms with Crippen molar-refractivity contribution in [1.82, 2.24) is 4.98 Å². The minimum absolute atomic E-state index is 0.0997. The van der Waals surface area contributed by atoms with Gasteiger partial charge in [0.2, 0.25) is 20.7 Å². The highest BCUT2D eigenvalue weighted by Crippen LogP contribution is 2.27. The summed E-state index contributed by atoms with van der Waals surface area (Å²) in [7, 11) is -3.71. The van der Waals surface area contributed by atoms with Gasteiger partial charge in [0.25, 0.3) is 0 Å². The largest absolute Gasteiger partial charge is 0.427 e. The van der Waals surface area contributed by atoms with Crippen molar-refractivity contribution in [3.05, 3.63) is 72.1 Å². The summed E-state index contributed by atoms with van der Waals surface area (Å²) >= 11 is 0. The number of nitrogens with zero attached hydrogens (tertiary/aromatic N) is 1. The molecule has 0 radical (unpaired) electrons. The third-order valence-corrected chi connectivity index (χ3v) is 5.11. The summed E-state index contributed by atoms with van der Waals surface area (Å²) in [4.78, 5) is 4.08. The van der Waals surface area contributed by atoms with Crippen molar-refractivity contribution in [3.8, 4) is 0 Å². The Morgan fingerprint density at radius 2 is 1.74 bits per heavy atom. The quantitative estimate of drug-likeness (QED) is 0.777. The lowest BCUT2D eigenvalue weighted by Crippen LogP contribution is -2.07. The number of aryl methyl sites for hydroxylation is 1. The van der Waals surface area contributed by atoms with Gasteiger partial charge in [-0.1, -0.05) is 48.0 Å². The zero-order chi connectivity index (χ0) is 16.3. The van der Waals surface area contributed by atoms with Crippen molar-refractivity contribution >= 4 is 15.7 Å². The van der Waals surface area contributed by atoms with Crippen molar-refractivity contribution in [1.29, 1.82) is 0 Å². The highest BCUT2D eigenvalue weighted by molar-refractivity contribution is 7.91. The lowest BCUT2D eigenvalue weighted by Gasteiger charge is -2.06. The molecular formula is C17H16N2O3S. The number of hydrogen-bond donors (Lipinski definition) is 1. The summed E-state index contributed by atoms with van der Waals surface area (Å²) in [5, 5.41) is 2.89. The number of sulfone groups is 1. The minimum Gasteiger partial charge on any atom is -0.427 e. The molecule has 1 N–H and O–H groups in total. The maximum atomic E-state index is 12.7. The first-order chi connectivity index (χ1) is 11.1. The molecule has 0 aliphatic carbocycles. The lowest BCUT2D eigenvalue weighted by molar-refractivity contribution is 0.564. The molecule has 0 bridgehead atoms. The van der Waals surface area contributed by atoms with Crippen LogP contribution in [0.3, 0.4) is 0 Å². The van der Waals surface area contributed by atoms with Gasteiger partial charge in [0, 0.05) is 6.54 Å². The smallest absolute Gasteiger partial charge is 0.233 e. The number of hydrogen-bond acceptors (Lipinski definition) is 5. The Labute approximate surface area is 134 Å². The zero-order valence-corrected chi connectivity index (χ0v) is 13.4. The van der Waals surface area contributed by atoms with Gasteiger partial charge < -0.3 is 9.73 Å². The van der Waals surface area contributed by atoms with E-state index in [9.17, 15) is 8.42 Å². The van der Waals surface area contributed by atoms with Crippen LogP contribution in [0.4, 0.5) is 5.88 Å². The number of rotatable bonds is 5. The van der Waals surface area contributed by atoms with Crippen LogP contribution in [0.15, 0.2) is 75.3 Å². The molecule has 0 saturated carbocycles. The highest BCUT2D eigenvalue weighted by atomic mass is 32.2. The third-order valence-electron chi connectivity index (χ3n) is 3.42. The molecule has 0 aliphatic rings. The van der Waals surface area contributed by atoms with Gasteiger partial charge >= 0.3 is 0 Å². The van der Waals surface area contributed by atoms with Crippen LogP contribution in [0.2, 0.25) is 0 Å². The summed E-state index contributed by atoms with van der Waals surface area (Å²) in [6, 6.07) is 16.3. The van der Waals surface area contributed by atoms with Gasteiger partial charge in [-0.15, -0.1) is 0 Å². The molecule has 1 heterocycles. The summed E-state index contributed by atoms with van der Waals surface area (Å²) in [5.74, 6) is 0.148. The molecule has 1 aromatic heterocycles. The first-order valence-electron chi connectivity index (χ1n) is 7.10. The molecule has 3 aromatic rings. The van der Waals surface area contributed by atoms with E-state index in [1.807, 2.05) is 37.3 Å². The monoisotopic (exact) mass is 328 g/mol. The predicted octanol–water partition coefficient (Wildman–Crippen LogP) is 3.43. The Hall–Kier alpha value is -2.60. The van der Waals surface area contributed by atoms with E-state index in [-0.39, 0.29) is 15.8 Å². The number of nitrogens with one attached hydrogen (secondary N) is 1. The van der Waals surface area contributed by atoms with Crippen molar-refractivity contribution in [2.75, 3.05) is 5.32 Å². The summed E-state index contributed by atoms with van der Waals surface area (Å²) in [5.41, 5.74) is 2.01. The van der Waals surface area contributed by atoms with Crippen molar-refractivity contribution in [2.24, 2.45) is 0 Å². The van der Waals surface area contributed by atoms with Gasteiger partial charge in [-0.2, -0.15) is 0 Å². The van der Waals surface area contributed by atoms with Crippen LogP contribution in [-0.4, -0.2) is 13.4 Å². The molecule has 0 unspecified atom stereocenters. The summed E-state index contributed by atoms with van der Waals surface area (Å²) < 4.78 is 30.6. The Balaban J connectivity index is 1.86. The fraction of sp³-hybridized carbons (Fsp3) is 0.118. The summed E-state index contributed by atoms with van der Waals surface area (Å²) in [6.07, 6.45) is 1.13. The first kappa shape index (κ1) is 15.3. The third kappa shape index (κ3) is 3.27. The molecule has 2 aromatic carbocycles. The molecule has 0 fully saturated rings. The molecule has 5 nitrogen and oxygen atoms in total. The number of aromatic nitrogens is 1. The van der Waals surface area contributed by atoms with Gasteiger partial charge in [-0.05, 0) is 24.6 Å². The maximum Gasteiger partial charge on any atom is 0.233 e. The second-order valence-electron chi connectivity index (χ2n) is 5.14. The molecular weight excluding hydrogens is 312 g/mol. The van der Waals surface area contributed by atoms with E-state index in [1.165, 1.54) is 0 Å². The van der Waals surface area contributed by atoms with Gasteiger partial charge in [0.05, 0.1) is 4.90 Å². The Kier molecular flexibility index (Phi) is 4.16.